The molecule has 4 rings (SSSR count). The van der Waals surface area contributed by atoms with Crippen LogP contribution in [-0.2, 0) is 13.0 Å². The van der Waals surface area contributed by atoms with E-state index in [2.05, 4.69) is 14.8 Å². The molecule has 0 radical (unpaired) electrons. The molecule has 0 saturated carbocycles. The monoisotopic (exact) mass is 362 g/mol. The Balaban J connectivity index is 1.65. The molecule has 2 aliphatic rings. The largest absolute Gasteiger partial charge is 0.328 e. The van der Waals surface area contributed by atoms with E-state index in [1.54, 1.807) is 11.0 Å². The second-order valence-electron chi connectivity index (χ2n) is 6.72. The molecule has 0 bridgehead atoms. The van der Waals surface area contributed by atoms with Crippen molar-refractivity contribution in [3.05, 3.63) is 46.3 Å². The smallest absolute Gasteiger partial charge is 0.257 e. The summed E-state index contributed by atoms with van der Waals surface area (Å²) in [7, 11) is 0. The maximum absolute atomic E-state index is 14.2. The molecule has 132 valence electrons. The Kier molecular flexibility index (Phi) is 4.46. The summed E-state index contributed by atoms with van der Waals surface area (Å²) in [4.78, 5) is 14.6. The van der Waals surface area contributed by atoms with Gasteiger partial charge in [-0.1, -0.05) is 18.0 Å². The predicted molar refractivity (Wildman–Crippen MR) is 92.0 cm³/mol. The molecule has 1 saturated heterocycles. The van der Waals surface area contributed by atoms with Crippen LogP contribution in [0.4, 0.5) is 4.39 Å². The molecule has 1 aromatic carbocycles. The second-order valence-corrected chi connectivity index (χ2v) is 7.15. The lowest BCUT2D eigenvalue weighted by atomic mass is 10.1. The highest BCUT2D eigenvalue weighted by Crippen LogP contribution is 2.34. The number of aromatic nitrogens is 3. The molecular weight excluding hydrogens is 343 g/mol. The van der Waals surface area contributed by atoms with E-state index in [4.69, 9.17) is 11.6 Å². The minimum Gasteiger partial charge on any atom is -0.328 e. The van der Waals surface area contributed by atoms with E-state index in [1.165, 1.54) is 18.6 Å². The maximum Gasteiger partial charge on any atom is 0.257 e. The molecule has 3 heterocycles. The zero-order valence-electron chi connectivity index (χ0n) is 13.9. The van der Waals surface area contributed by atoms with Gasteiger partial charge in [-0.2, -0.15) is 0 Å². The summed E-state index contributed by atoms with van der Waals surface area (Å²) in [6, 6.07) is 4.05. The van der Waals surface area contributed by atoms with Crippen molar-refractivity contribution in [2.75, 3.05) is 6.54 Å². The fourth-order valence-electron chi connectivity index (χ4n) is 3.85. The maximum atomic E-state index is 14.2. The minimum absolute atomic E-state index is 0.0619. The summed E-state index contributed by atoms with van der Waals surface area (Å²) in [6.07, 6.45) is 6.06. The van der Waals surface area contributed by atoms with Crippen molar-refractivity contribution in [3.8, 4) is 0 Å². The van der Waals surface area contributed by atoms with Crippen LogP contribution in [0, 0.1) is 5.82 Å². The number of hydrogen-bond donors (Lipinski definition) is 0. The Bertz CT molecular complexity index is 806. The number of halogens is 2. The number of benzene rings is 1. The van der Waals surface area contributed by atoms with Gasteiger partial charge in [0.1, 0.15) is 11.6 Å². The average molecular weight is 363 g/mol. The van der Waals surface area contributed by atoms with Gasteiger partial charge in [-0.15, -0.1) is 10.2 Å². The summed E-state index contributed by atoms with van der Waals surface area (Å²) in [6.45, 7) is 1.50. The van der Waals surface area contributed by atoms with Crippen molar-refractivity contribution in [2.45, 2.75) is 51.1 Å². The summed E-state index contributed by atoms with van der Waals surface area (Å²) >= 11 is 5.80. The van der Waals surface area contributed by atoms with Gasteiger partial charge in [-0.25, -0.2) is 4.39 Å². The van der Waals surface area contributed by atoms with Gasteiger partial charge in [0.15, 0.2) is 5.82 Å². The van der Waals surface area contributed by atoms with Gasteiger partial charge < -0.3 is 9.47 Å². The quantitative estimate of drug-likeness (QED) is 0.817. The van der Waals surface area contributed by atoms with Crippen molar-refractivity contribution in [1.82, 2.24) is 19.7 Å². The van der Waals surface area contributed by atoms with Gasteiger partial charge in [-0.05, 0) is 43.9 Å². The molecule has 0 unspecified atom stereocenters. The summed E-state index contributed by atoms with van der Waals surface area (Å²) in [5, 5.41) is 9.02. The van der Waals surface area contributed by atoms with Crippen LogP contribution < -0.4 is 0 Å². The first-order valence-corrected chi connectivity index (χ1v) is 9.21. The van der Waals surface area contributed by atoms with Crippen LogP contribution in [-0.4, -0.2) is 32.1 Å². The van der Waals surface area contributed by atoms with Crippen LogP contribution in [0.3, 0.4) is 0 Å². The predicted octanol–water partition coefficient (Wildman–Crippen LogP) is 3.77. The Morgan fingerprint density at radius 2 is 2.04 bits per heavy atom. The molecule has 0 N–H and O–H groups in total. The SMILES string of the molecule is O=C(c1ccc(Cl)cc1F)N1CCC[C@@H]1c1nnc2n1CCCCC2. The molecule has 1 aromatic heterocycles. The van der Waals surface area contributed by atoms with E-state index >= 15 is 0 Å². The fourth-order valence-corrected chi connectivity index (χ4v) is 4.01. The van der Waals surface area contributed by atoms with E-state index in [0.717, 1.165) is 50.3 Å². The van der Waals surface area contributed by atoms with Crippen molar-refractivity contribution in [3.63, 3.8) is 0 Å². The molecule has 1 fully saturated rings. The zero-order valence-corrected chi connectivity index (χ0v) is 14.7. The van der Waals surface area contributed by atoms with Gasteiger partial charge in [-0.3, -0.25) is 4.79 Å². The number of rotatable bonds is 2. The molecule has 2 aromatic rings. The lowest BCUT2D eigenvalue weighted by Gasteiger charge is -2.25. The Hall–Kier alpha value is -1.95. The number of nitrogens with zero attached hydrogens (tertiary/aromatic N) is 4. The van der Waals surface area contributed by atoms with E-state index in [-0.39, 0.29) is 22.5 Å². The van der Waals surface area contributed by atoms with Gasteiger partial charge >= 0.3 is 0 Å². The topological polar surface area (TPSA) is 51.0 Å². The third-order valence-electron chi connectivity index (χ3n) is 5.11. The van der Waals surface area contributed by atoms with E-state index in [0.29, 0.717) is 6.54 Å². The first kappa shape index (κ1) is 16.5. The second kappa shape index (κ2) is 6.75. The average Bonchev–Trinajstić information content (AvgIpc) is 3.15. The highest BCUT2D eigenvalue weighted by atomic mass is 35.5. The molecule has 0 aliphatic carbocycles. The lowest BCUT2D eigenvalue weighted by molar-refractivity contribution is 0.0722. The summed E-state index contributed by atoms with van der Waals surface area (Å²) < 4.78 is 16.4. The van der Waals surface area contributed by atoms with Crippen molar-refractivity contribution in [2.24, 2.45) is 0 Å². The van der Waals surface area contributed by atoms with Crippen LogP contribution in [0.1, 0.15) is 60.2 Å². The Labute approximate surface area is 150 Å². The summed E-state index contributed by atoms with van der Waals surface area (Å²) in [5.41, 5.74) is 0.0619. The third kappa shape index (κ3) is 3.03. The van der Waals surface area contributed by atoms with Gasteiger partial charge in [0, 0.05) is 24.5 Å². The molecule has 7 heteroatoms. The van der Waals surface area contributed by atoms with Gasteiger partial charge in [0.2, 0.25) is 0 Å². The Morgan fingerprint density at radius 1 is 1.16 bits per heavy atom. The number of amides is 1. The Morgan fingerprint density at radius 3 is 2.88 bits per heavy atom. The van der Waals surface area contributed by atoms with E-state index in [9.17, 15) is 9.18 Å². The first-order valence-electron chi connectivity index (χ1n) is 8.83. The standard InChI is InChI=1S/C18H20ClFN4O/c19-12-7-8-13(14(20)11-12)18(25)23-10-4-5-15(23)17-22-21-16-6-2-1-3-9-24(16)17/h7-8,11,15H,1-6,9-10H2/t15-/m1/s1. The molecule has 1 atom stereocenters. The number of hydrogen-bond acceptors (Lipinski definition) is 3. The number of aryl methyl sites for hydroxylation is 1. The minimum atomic E-state index is -0.580. The van der Waals surface area contributed by atoms with Crippen molar-refractivity contribution in [1.29, 1.82) is 0 Å². The molecule has 25 heavy (non-hydrogen) atoms. The van der Waals surface area contributed by atoms with E-state index in [1.807, 2.05) is 0 Å². The lowest BCUT2D eigenvalue weighted by Crippen LogP contribution is -2.32. The van der Waals surface area contributed by atoms with Crippen LogP contribution in [0.25, 0.3) is 0 Å². The molecular formula is C18H20ClFN4O. The van der Waals surface area contributed by atoms with E-state index < -0.39 is 5.82 Å². The van der Waals surface area contributed by atoms with Crippen molar-refractivity contribution < 1.29 is 9.18 Å². The summed E-state index contributed by atoms with van der Waals surface area (Å²) in [5.74, 6) is 0.965. The first-order chi connectivity index (χ1) is 12.1. The number of carbonyl (C=O) groups excluding carboxylic acids is 1. The highest BCUT2D eigenvalue weighted by Gasteiger charge is 2.35. The number of fused-ring (bicyclic) bond motifs is 1. The normalized spacial score (nSPS) is 20.4. The van der Waals surface area contributed by atoms with Crippen LogP contribution in [0.5, 0.6) is 0 Å². The van der Waals surface area contributed by atoms with Crippen LogP contribution >= 0.6 is 11.6 Å². The molecule has 0 spiro atoms. The molecule has 1 amide bonds. The van der Waals surface area contributed by atoms with Gasteiger partial charge in [0.05, 0.1) is 11.6 Å². The fraction of sp³-hybridized carbons (Fsp3) is 0.500. The van der Waals surface area contributed by atoms with Crippen molar-refractivity contribution >= 4 is 17.5 Å². The van der Waals surface area contributed by atoms with Crippen LogP contribution in [0.2, 0.25) is 5.02 Å². The molecule has 2 aliphatic heterocycles. The van der Waals surface area contributed by atoms with Crippen LogP contribution in [0.15, 0.2) is 18.2 Å². The van der Waals surface area contributed by atoms with Gasteiger partial charge in [0.25, 0.3) is 5.91 Å². The zero-order chi connectivity index (χ0) is 17.4. The number of likely N-dealkylation sites (tertiary alicyclic amines) is 1. The third-order valence-corrected chi connectivity index (χ3v) is 5.35. The highest BCUT2D eigenvalue weighted by molar-refractivity contribution is 6.30. The molecule has 5 nitrogen and oxygen atoms in total. The number of carbonyl (C=O) groups is 1.